The summed E-state index contributed by atoms with van der Waals surface area (Å²) < 4.78 is 5.73. The van der Waals surface area contributed by atoms with Gasteiger partial charge in [-0.2, -0.15) is 0 Å². The highest BCUT2D eigenvalue weighted by atomic mass is 16.3. The number of Topliss-reactive ketones (excluding diaryl/α,β-unsaturated/α-hetero) is 1. The first-order chi connectivity index (χ1) is 13.0. The minimum Gasteiger partial charge on any atom is -0.456 e. The molecule has 134 valence electrons. The van der Waals surface area contributed by atoms with Gasteiger partial charge >= 0.3 is 23.6 Å². The zero-order valence-electron chi connectivity index (χ0n) is 13.7. The number of carbonyl (C=O) groups is 4. The number of hydrogen-bond donors (Lipinski definition) is 2. The van der Waals surface area contributed by atoms with E-state index < -0.39 is 23.6 Å². The van der Waals surface area contributed by atoms with Crippen molar-refractivity contribution in [2.45, 2.75) is 0 Å². The maximum absolute atomic E-state index is 11.9. The Morgan fingerprint density at radius 2 is 1.30 bits per heavy atom. The largest absolute Gasteiger partial charge is 0.456 e. The van der Waals surface area contributed by atoms with Crippen molar-refractivity contribution < 1.29 is 23.6 Å². The molecule has 1 aliphatic rings. The number of nitrogens with one attached hydrogen (secondary N) is 2. The molecule has 2 N–H and O–H groups in total. The number of barbiturate groups is 1. The normalized spacial score (nSPS) is 13.5. The van der Waals surface area contributed by atoms with Crippen molar-refractivity contribution >= 4 is 34.6 Å². The Morgan fingerprint density at radius 1 is 0.704 bits per heavy atom. The lowest BCUT2D eigenvalue weighted by Crippen LogP contribution is -2.56. The van der Waals surface area contributed by atoms with E-state index in [9.17, 15) is 24.0 Å². The van der Waals surface area contributed by atoms with Crippen LogP contribution in [0.15, 0.2) is 69.9 Å². The molecule has 0 saturated carbocycles. The molecule has 4 rings (SSSR count). The lowest BCUT2D eigenvalue weighted by Gasteiger charge is -2.07. The van der Waals surface area contributed by atoms with Crippen molar-refractivity contribution in [3.8, 4) is 11.3 Å². The number of hydrogen-bond acceptors (Lipinski definition) is 6. The quantitative estimate of drug-likeness (QED) is 0.629. The molecular weight excluding hydrogens is 352 g/mol. The molecule has 0 unspecified atom stereocenters. The van der Waals surface area contributed by atoms with Gasteiger partial charge in [0, 0.05) is 11.6 Å². The molecule has 3 aromatic rings. The average molecular weight is 364 g/mol. The first-order valence-electron chi connectivity index (χ1n) is 7.74. The summed E-state index contributed by atoms with van der Waals surface area (Å²) in [6, 6.07) is 17.5. The Kier molecular flexibility index (Phi) is 4.89. The number of urea groups is 1. The van der Waals surface area contributed by atoms with Crippen molar-refractivity contribution in [3.63, 3.8) is 0 Å². The second-order valence-electron chi connectivity index (χ2n) is 5.40. The third kappa shape index (κ3) is 3.96. The number of ketones is 1. The third-order valence-corrected chi connectivity index (χ3v) is 3.56. The predicted octanol–water partition coefficient (Wildman–Crippen LogP) is 1.38. The van der Waals surface area contributed by atoms with Crippen LogP contribution in [0.4, 0.5) is 4.79 Å². The molecule has 0 bridgehead atoms. The molecule has 2 aromatic carbocycles. The first kappa shape index (κ1) is 17.7. The highest BCUT2D eigenvalue weighted by molar-refractivity contribution is 6.66. The van der Waals surface area contributed by atoms with Gasteiger partial charge < -0.3 is 4.42 Å². The van der Waals surface area contributed by atoms with Crippen LogP contribution in [0.5, 0.6) is 0 Å². The van der Waals surface area contributed by atoms with E-state index >= 15 is 0 Å². The summed E-state index contributed by atoms with van der Waals surface area (Å²) >= 11 is 0. The molecule has 0 radical (unpaired) electrons. The van der Waals surface area contributed by atoms with Crippen LogP contribution in [0.3, 0.4) is 0 Å². The molecular formula is C19H12N2O6. The van der Waals surface area contributed by atoms with E-state index in [2.05, 4.69) is 0 Å². The zero-order valence-corrected chi connectivity index (χ0v) is 13.7. The van der Waals surface area contributed by atoms with E-state index in [1.54, 1.807) is 16.7 Å². The van der Waals surface area contributed by atoms with Gasteiger partial charge in [-0.3, -0.25) is 29.8 Å². The van der Waals surface area contributed by atoms with Crippen molar-refractivity contribution in [1.29, 1.82) is 0 Å². The Balaban J connectivity index is 0.000000180. The SMILES string of the molecule is O=C1NC(=O)C(=O)C(=O)N1.O=c1cc(-c2ccccc2)oc2ccccc12. The maximum atomic E-state index is 11.9. The molecule has 4 amide bonds. The van der Waals surface area contributed by atoms with E-state index in [0.29, 0.717) is 16.7 Å². The van der Waals surface area contributed by atoms with Crippen molar-refractivity contribution in [1.82, 2.24) is 10.6 Å². The van der Waals surface area contributed by atoms with Crippen LogP contribution >= 0.6 is 0 Å². The number of rotatable bonds is 1. The van der Waals surface area contributed by atoms with E-state index in [-0.39, 0.29) is 5.43 Å². The topological polar surface area (TPSA) is 123 Å². The van der Waals surface area contributed by atoms with E-state index in [0.717, 1.165) is 5.56 Å². The van der Waals surface area contributed by atoms with Crippen LogP contribution < -0.4 is 16.1 Å². The van der Waals surface area contributed by atoms with Crippen LogP contribution in [0.25, 0.3) is 22.3 Å². The Hall–Kier alpha value is -4.07. The molecule has 0 aliphatic carbocycles. The van der Waals surface area contributed by atoms with E-state index in [1.807, 2.05) is 48.5 Å². The zero-order chi connectivity index (χ0) is 19.4. The first-order valence-corrected chi connectivity index (χ1v) is 7.74. The molecule has 1 aromatic heterocycles. The van der Waals surface area contributed by atoms with Crippen LogP contribution in [0, 0.1) is 0 Å². The van der Waals surface area contributed by atoms with E-state index in [1.165, 1.54) is 6.07 Å². The number of amides is 4. The van der Waals surface area contributed by atoms with Gasteiger partial charge in [0.1, 0.15) is 11.3 Å². The highest BCUT2D eigenvalue weighted by Crippen LogP contribution is 2.21. The number of benzene rings is 2. The molecule has 0 atom stereocenters. The molecule has 0 spiro atoms. The molecule has 1 fully saturated rings. The van der Waals surface area contributed by atoms with Crippen LogP contribution in [-0.2, 0) is 14.4 Å². The molecule has 27 heavy (non-hydrogen) atoms. The summed E-state index contributed by atoms with van der Waals surface area (Å²) in [4.78, 5) is 53.0. The second kappa shape index (κ2) is 7.44. The number of para-hydroxylation sites is 1. The summed E-state index contributed by atoms with van der Waals surface area (Å²) in [6.07, 6.45) is 0. The lowest BCUT2D eigenvalue weighted by molar-refractivity contribution is -0.146. The minimum atomic E-state index is -1.25. The fourth-order valence-corrected chi connectivity index (χ4v) is 2.30. The monoisotopic (exact) mass is 364 g/mol. The van der Waals surface area contributed by atoms with Gasteiger partial charge in [0.05, 0.1) is 5.39 Å². The van der Waals surface area contributed by atoms with Crippen LogP contribution in [-0.4, -0.2) is 23.6 Å². The summed E-state index contributed by atoms with van der Waals surface area (Å²) in [7, 11) is 0. The molecule has 1 saturated heterocycles. The van der Waals surface area contributed by atoms with Gasteiger partial charge in [0.25, 0.3) is 0 Å². The van der Waals surface area contributed by atoms with Crippen LogP contribution in [0.2, 0.25) is 0 Å². The Bertz CT molecular complexity index is 1100. The highest BCUT2D eigenvalue weighted by Gasteiger charge is 2.31. The number of imide groups is 2. The fourth-order valence-electron chi connectivity index (χ4n) is 2.30. The van der Waals surface area contributed by atoms with E-state index in [4.69, 9.17) is 4.42 Å². The minimum absolute atomic E-state index is 0.00861. The average Bonchev–Trinajstić information content (AvgIpc) is 2.67. The van der Waals surface area contributed by atoms with Gasteiger partial charge in [-0.1, -0.05) is 42.5 Å². The van der Waals surface area contributed by atoms with Crippen molar-refractivity contribution in [2.75, 3.05) is 0 Å². The fraction of sp³-hybridized carbons (Fsp3) is 0. The predicted molar refractivity (Wildman–Crippen MR) is 94.6 cm³/mol. The number of carbonyl (C=O) groups excluding carboxylic acids is 4. The molecule has 2 heterocycles. The standard InChI is InChI=1S/C15H10O2.C4H2N2O4/c16-13-10-15(11-6-2-1-3-7-11)17-14-9-5-4-8-12(13)14;7-1-2(8)5-4(10)6-3(1)9/h1-10H;(H2,5,6,8,9,10). The van der Waals surface area contributed by atoms with Gasteiger partial charge in [-0.15, -0.1) is 0 Å². The lowest BCUT2D eigenvalue weighted by atomic mass is 10.1. The van der Waals surface area contributed by atoms with Crippen molar-refractivity contribution in [3.05, 3.63) is 70.9 Å². The maximum Gasteiger partial charge on any atom is 0.328 e. The summed E-state index contributed by atoms with van der Waals surface area (Å²) in [5, 5.41) is 3.82. The summed E-state index contributed by atoms with van der Waals surface area (Å²) in [5.41, 5.74) is 1.53. The Morgan fingerprint density at radius 3 is 1.96 bits per heavy atom. The smallest absolute Gasteiger partial charge is 0.328 e. The number of fused-ring (bicyclic) bond motifs is 1. The molecule has 8 nitrogen and oxygen atoms in total. The summed E-state index contributed by atoms with van der Waals surface area (Å²) in [6.45, 7) is 0. The Labute approximate surface area is 151 Å². The second-order valence-corrected chi connectivity index (χ2v) is 5.40. The van der Waals surface area contributed by atoms with Crippen LogP contribution in [0.1, 0.15) is 0 Å². The van der Waals surface area contributed by atoms with Gasteiger partial charge in [0.2, 0.25) is 0 Å². The van der Waals surface area contributed by atoms with Crippen molar-refractivity contribution in [2.24, 2.45) is 0 Å². The third-order valence-electron chi connectivity index (χ3n) is 3.56. The van der Waals surface area contributed by atoms with Gasteiger partial charge in [-0.05, 0) is 12.1 Å². The molecule has 8 heteroatoms. The summed E-state index contributed by atoms with van der Waals surface area (Å²) in [5.74, 6) is -3.02. The van der Waals surface area contributed by atoms with Gasteiger partial charge in [-0.25, -0.2) is 4.79 Å². The van der Waals surface area contributed by atoms with Gasteiger partial charge in [0.15, 0.2) is 5.43 Å². The molecule has 1 aliphatic heterocycles.